The molecule has 1 aliphatic rings. The van der Waals surface area contributed by atoms with E-state index in [-0.39, 0.29) is 35.7 Å². The molecule has 3 rings (SSSR count). The van der Waals surface area contributed by atoms with E-state index in [1.165, 1.54) is 4.31 Å². The van der Waals surface area contributed by atoms with Gasteiger partial charge in [-0.3, -0.25) is 4.79 Å². The van der Waals surface area contributed by atoms with Gasteiger partial charge in [0.05, 0.1) is 5.56 Å². The average Bonchev–Trinajstić information content (AvgIpc) is 3.12. The SMILES string of the molecule is Cc1noc(C)c1S(=O)(=O)N1CCN(C(=O)c2cc(C)n(C(C)C)c2C)CC1. The molecule has 0 radical (unpaired) electrons. The Morgan fingerprint density at radius 2 is 1.71 bits per heavy atom. The Labute approximate surface area is 166 Å². The lowest BCUT2D eigenvalue weighted by molar-refractivity contribution is 0.0697. The van der Waals surface area contributed by atoms with Crippen molar-refractivity contribution >= 4 is 15.9 Å². The highest BCUT2D eigenvalue weighted by molar-refractivity contribution is 7.89. The quantitative estimate of drug-likeness (QED) is 0.775. The number of aromatic nitrogens is 2. The van der Waals surface area contributed by atoms with Crippen LogP contribution in [0, 0.1) is 27.7 Å². The molecule has 1 saturated heterocycles. The van der Waals surface area contributed by atoms with E-state index in [4.69, 9.17) is 4.52 Å². The van der Waals surface area contributed by atoms with Crippen LogP contribution in [0.25, 0.3) is 0 Å². The van der Waals surface area contributed by atoms with Crippen LogP contribution < -0.4 is 0 Å². The number of piperazine rings is 1. The third-order valence-corrected chi connectivity index (χ3v) is 7.47. The van der Waals surface area contributed by atoms with Crippen molar-refractivity contribution < 1.29 is 17.7 Å². The van der Waals surface area contributed by atoms with Crippen LogP contribution in [0.1, 0.15) is 53.1 Å². The molecular weight excluding hydrogens is 380 g/mol. The molecule has 0 spiro atoms. The van der Waals surface area contributed by atoms with E-state index in [2.05, 4.69) is 23.6 Å². The summed E-state index contributed by atoms with van der Waals surface area (Å²) in [5, 5.41) is 3.75. The topological polar surface area (TPSA) is 88.7 Å². The van der Waals surface area contributed by atoms with E-state index in [1.807, 2.05) is 19.9 Å². The zero-order chi connectivity index (χ0) is 20.8. The van der Waals surface area contributed by atoms with E-state index < -0.39 is 10.0 Å². The molecule has 1 aliphatic heterocycles. The maximum absolute atomic E-state index is 13.0. The van der Waals surface area contributed by atoms with E-state index in [9.17, 15) is 13.2 Å². The number of sulfonamides is 1. The molecule has 2 aromatic rings. The summed E-state index contributed by atoms with van der Waals surface area (Å²) < 4.78 is 34.4. The summed E-state index contributed by atoms with van der Waals surface area (Å²) in [4.78, 5) is 14.9. The van der Waals surface area contributed by atoms with Crippen LogP contribution in [0.5, 0.6) is 0 Å². The van der Waals surface area contributed by atoms with E-state index in [1.54, 1.807) is 18.7 Å². The fourth-order valence-corrected chi connectivity index (χ4v) is 5.78. The molecule has 2 aromatic heterocycles. The molecule has 1 amide bonds. The molecule has 0 unspecified atom stereocenters. The maximum Gasteiger partial charge on any atom is 0.255 e. The number of nitrogens with zero attached hydrogens (tertiary/aromatic N) is 4. The summed E-state index contributed by atoms with van der Waals surface area (Å²) in [7, 11) is -3.68. The van der Waals surface area contributed by atoms with Crippen LogP contribution in [-0.2, 0) is 10.0 Å². The third kappa shape index (κ3) is 3.37. The lowest BCUT2D eigenvalue weighted by Gasteiger charge is -2.34. The second kappa shape index (κ2) is 7.36. The third-order valence-electron chi connectivity index (χ3n) is 5.32. The van der Waals surface area contributed by atoms with Crippen molar-refractivity contribution in [1.29, 1.82) is 0 Å². The molecule has 0 atom stereocenters. The lowest BCUT2D eigenvalue weighted by Crippen LogP contribution is -2.50. The largest absolute Gasteiger partial charge is 0.360 e. The van der Waals surface area contributed by atoms with Gasteiger partial charge >= 0.3 is 0 Å². The molecule has 3 heterocycles. The summed E-state index contributed by atoms with van der Waals surface area (Å²) in [5.41, 5.74) is 3.05. The molecule has 28 heavy (non-hydrogen) atoms. The zero-order valence-electron chi connectivity index (χ0n) is 17.3. The number of hydrogen-bond donors (Lipinski definition) is 0. The van der Waals surface area contributed by atoms with Crippen LogP contribution in [0.3, 0.4) is 0 Å². The molecular formula is C19H28N4O4S. The van der Waals surface area contributed by atoms with E-state index in [0.29, 0.717) is 24.3 Å². The van der Waals surface area contributed by atoms with Crippen LogP contribution in [0.15, 0.2) is 15.5 Å². The van der Waals surface area contributed by atoms with Crippen molar-refractivity contribution in [3.05, 3.63) is 34.5 Å². The standard InChI is InChI=1S/C19H28N4O4S/c1-12(2)23-13(3)11-17(15(23)5)19(24)21-7-9-22(10-8-21)28(25,26)18-14(4)20-27-16(18)6/h11-12H,7-10H2,1-6H3. The van der Waals surface area contributed by atoms with Gasteiger partial charge in [-0.05, 0) is 47.6 Å². The highest BCUT2D eigenvalue weighted by atomic mass is 32.2. The minimum Gasteiger partial charge on any atom is -0.360 e. The van der Waals surface area contributed by atoms with E-state index >= 15 is 0 Å². The number of aryl methyl sites for hydroxylation is 3. The highest BCUT2D eigenvalue weighted by Crippen LogP contribution is 2.26. The summed E-state index contributed by atoms with van der Waals surface area (Å²) in [6, 6.07) is 2.20. The molecule has 0 aliphatic carbocycles. The normalized spacial score (nSPS) is 16.2. The number of carbonyl (C=O) groups is 1. The fourth-order valence-electron chi connectivity index (χ4n) is 4.06. The molecule has 154 valence electrons. The lowest BCUT2D eigenvalue weighted by atomic mass is 10.2. The smallest absolute Gasteiger partial charge is 0.255 e. The second-order valence-corrected chi connectivity index (χ2v) is 9.47. The van der Waals surface area contributed by atoms with Gasteiger partial charge < -0.3 is 14.0 Å². The number of hydrogen-bond acceptors (Lipinski definition) is 5. The molecule has 8 nitrogen and oxygen atoms in total. The number of amides is 1. The first-order chi connectivity index (χ1) is 13.1. The Hall–Kier alpha value is -2.13. The van der Waals surface area contributed by atoms with Gasteiger partial charge in [0.1, 0.15) is 10.6 Å². The molecule has 0 N–H and O–H groups in total. The van der Waals surface area contributed by atoms with Gasteiger partial charge in [0.25, 0.3) is 5.91 Å². The van der Waals surface area contributed by atoms with Crippen LogP contribution >= 0.6 is 0 Å². The summed E-state index contributed by atoms with van der Waals surface area (Å²) in [5.74, 6) is 0.242. The molecule has 9 heteroatoms. The maximum atomic E-state index is 13.0. The Balaban J connectivity index is 1.76. The number of rotatable bonds is 4. The van der Waals surface area contributed by atoms with Crippen LogP contribution in [0.2, 0.25) is 0 Å². The zero-order valence-corrected chi connectivity index (χ0v) is 18.1. The van der Waals surface area contributed by atoms with Crippen molar-refractivity contribution in [1.82, 2.24) is 18.9 Å². The molecule has 0 saturated carbocycles. The van der Waals surface area contributed by atoms with Gasteiger partial charge in [0, 0.05) is 43.6 Å². The number of carbonyl (C=O) groups excluding carboxylic acids is 1. The van der Waals surface area contributed by atoms with Gasteiger partial charge in [-0.15, -0.1) is 0 Å². The van der Waals surface area contributed by atoms with Crippen molar-refractivity contribution in [2.24, 2.45) is 0 Å². The fraction of sp³-hybridized carbons (Fsp3) is 0.579. The van der Waals surface area contributed by atoms with Crippen LogP contribution in [0.4, 0.5) is 0 Å². The predicted octanol–water partition coefficient (Wildman–Crippen LogP) is 2.44. The van der Waals surface area contributed by atoms with E-state index in [0.717, 1.165) is 11.4 Å². The highest BCUT2D eigenvalue weighted by Gasteiger charge is 2.35. The Morgan fingerprint density at radius 3 is 2.18 bits per heavy atom. The Morgan fingerprint density at radius 1 is 1.11 bits per heavy atom. The first-order valence-electron chi connectivity index (χ1n) is 9.46. The average molecular weight is 409 g/mol. The van der Waals surface area contributed by atoms with Crippen molar-refractivity contribution in [2.45, 2.75) is 52.5 Å². The predicted molar refractivity (Wildman–Crippen MR) is 105 cm³/mol. The first-order valence-corrected chi connectivity index (χ1v) is 10.9. The molecule has 0 bridgehead atoms. The first kappa shape index (κ1) is 20.6. The minimum atomic E-state index is -3.68. The summed E-state index contributed by atoms with van der Waals surface area (Å²) in [6.07, 6.45) is 0. The van der Waals surface area contributed by atoms with Gasteiger partial charge in [-0.1, -0.05) is 5.16 Å². The summed E-state index contributed by atoms with van der Waals surface area (Å²) in [6.45, 7) is 12.6. The monoisotopic (exact) mass is 408 g/mol. The summed E-state index contributed by atoms with van der Waals surface area (Å²) >= 11 is 0. The Kier molecular flexibility index (Phi) is 5.42. The van der Waals surface area contributed by atoms with Gasteiger partial charge in [0.15, 0.2) is 5.76 Å². The Bertz CT molecular complexity index is 976. The van der Waals surface area contributed by atoms with Crippen molar-refractivity contribution in [3.63, 3.8) is 0 Å². The van der Waals surface area contributed by atoms with Gasteiger partial charge in [0.2, 0.25) is 10.0 Å². The van der Waals surface area contributed by atoms with Crippen molar-refractivity contribution in [3.8, 4) is 0 Å². The van der Waals surface area contributed by atoms with Gasteiger partial charge in [-0.2, -0.15) is 4.31 Å². The second-order valence-electron chi connectivity index (χ2n) is 7.60. The van der Waals surface area contributed by atoms with Gasteiger partial charge in [-0.25, -0.2) is 8.42 Å². The van der Waals surface area contributed by atoms with Crippen molar-refractivity contribution in [2.75, 3.05) is 26.2 Å². The molecule has 0 aromatic carbocycles. The minimum absolute atomic E-state index is 0.0469. The molecule has 1 fully saturated rings. The van der Waals surface area contributed by atoms with Crippen LogP contribution in [-0.4, -0.2) is 59.4 Å².